The van der Waals surface area contributed by atoms with Crippen LogP contribution in [0.25, 0.3) is 0 Å². The monoisotopic (exact) mass is 403 g/mol. The van der Waals surface area contributed by atoms with Crippen LogP contribution in [-0.2, 0) is 14.4 Å². The lowest BCUT2D eigenvalue weighted by Gasteiger charge is -2.21. The van der Waals surface area contributed by atoms with Gasteiger partial charge in [-0.15, -0.1) is 11.8 Å². The molecule has 7 heteroatoms. The van der Waals surface area contributed by atoms with Gasteiger partial charge in [-0.25, -0.2) is 0 Å². The minimum Gasteiger partial charge on any atom is -0.354 e. The highest BCUT2D eigenvalue weighted by Crippen LogP contribution is 2.27. The molecule has 1 saturated carbocycles. The smallest absolute Gasteiger partial charge is 0.227 e. The molecule has 1 saturated heterocycles. The first kappa shape index (κ1) is 20.7. The van der Waals surface area contributed by atoms with Crippen molar-refractivity contribution in [3.05, 3.63) is 24.3 Å². The summed E-state index contributed by atoms with van der Waals surface area (Å²) in [7, 11) is 0. The lowest BCUT2D eigenvalue weighted by Crippen LogP contribution is -2.40. The van der Waals surface area contributed by atoms with Crippen LogP contribution in [0.5, 0.6) is 0 Å². The number of nitrogens with one attached hydrogen (secondary N) is 2. The van der Waals surface area contributed by atoms with Crippen molar-refractivity contribution < 1.29 is 14.4 Å². The fraction of sp³-hybridized carbons (Fsp3) is 0.571. The average molecular weight is 404 g/mol. The van der Waals surface area contributed by atoms with Crippen LogP contribution in [-0.4, -0.2) is 43.6 Å². The Balaban J connectivity index is 1.41. The molecule has 1 aromatic carbocycles. The van der Waals surface area contributed by atoms with E-state index in [1.165, 1.54) is 6.42 Å². The highest BCUT2D eigenvalue weighted by molar-refractivity contribution is 7.98. The molecule has 1 atom stereocenters. The van der Waals surface area contributed by atoms with Gasteiger partial charge in [0.1, 0.15) is 0 Å². The van der Waals surface area contributed by atoms with Gasteiger partial charge in [0, 0.05) is 42.6 Å². The van der Waals surface area contributed by atoms with Crippen molar-refractivity contribution in [1.29, 1.82) is 0 Å². The number of amides is 3. The first-order valence-electron chi connectivity index (χ1n) is 10.1. The van der Waals surface area contributed by atoms with Gasteiger partial charge in [0.2, 0.25) is 17.7 Å². The van der Waals surface area contributed by atoms with E-state index < -0.39 is 0 Å². The van der Waals surface area contributed by atoms with E-state index in [1.807, 2.05) is 30.5 Å². The Kier molecular flexibility index (Phi) is 7.36. The van der Waals surface area contributed by atoms with Crippen molar-refractivity contribution in [1.82, 2.24) is 10.6 Å². The summed E-state index contributed by atoms with van der Waals surface area (Å²) < 4.78 is 0. The van der Waals surface area contributed by atoms with E-state index >= 15 is 0 Å². The van der Waals surface area contributed by atoms with Crippen LogP contribution < -0.4 is 15.5 Å². The van der Waals surface area contributed by atoms with Crippen LogP contribution in [0.2, 0.25) is 0 Å². The second-order valence-electron chi connectivity index (χ2n) is 7.52. The fourth-order valence-electron chi connectivity index (χ4n) is 3.92. The molecular formula is C21H29N3O3S. The molecule has 0 aromatic heterocycles. The summed E-state index contributed by atoms with van der Waals surface area (Å²) in [6, 6.07) is 7.81. The molecule has 3 rings (SSSR count). The Morgan fingerprint density at radius 1 is 1.00 bits per heavy atom. The number of carbonyl (C=O) groups excluding carboxylic acids is 3. The maximum absolute atomic E-state index is 12.4. The number of anilines is 1. The van der Waals surface area contributed by atoms with E-state index in [1.54, 1.807) is 16.7 Å². The molecule has 152 valence electrons. The third-order valence-electron chi connectivity index (χ3n) is 5.58. The van der Waals surface area contributed by atoms with Gasteiger partial charge in [0.25, 0.3) is 0 Å². The minimum atomic E-state index is -0.346. The largest absolute Gasteiger partial charge is 0.354 e. The maximum atomic E-state index is 12.4. The van der Waals surface area contributed by atoms with Crippen molar-refractivity contribution in [2.24, 2.45) is 11.8 Å². The number of thioether (sulfide) groups is 1. The summed E-state index contributed by atoms with van der Waals surface area (Å²) in [4.78, 5) is 39.7. The summed E-state index contributed by atoms with van der Waals surface area (Å²) in [5, 5.41) is 5.78. The van der Waals surface area contributed by atoms with Gasteiger partial charge in [-0.1, -0.05) is 19.3 Å². The Labute approximate surface area is 170 Å². The van der Waals surface area contributed by atoms with Crippen LogP contribution in [0.4, 0.5) is 5.69 Å². The molecule has 28 heavy (non-hydrogen) atoms. The zero-order valence-electron chi connectivity index (χ0n) is 16.4. The van der Waals surface area contributed by atoms with Crippen LogP contribution in [0.15, 0.2) is 29.2 Å². The van der Waals surface area contributed by atoms with Crippen LogP contribution in [0.1, 0.15) is 38.5 Å². The molecule has 0 bridgehead atoms. The van der Waals surface area contributed by atoms with E-state index in [-0.39, 0.29) is 36.0 Å². The number of hydrogen-bond acceptors (Lipinski definition) is 4. The Bertz CT molecular complexity index is 701. The first-order valence-corrected chi connectivity index (χ1v) is 11.3. The van der Waals surface area contributed by atoms with Crippen molar-refractivity contribution in [3.63, 3.8) is 0 Å². The molecule has 2 N–H and O–H groups in total. The number of rotatable bonds is 7. The van der Waals surface area contributed by atoms with Crippen molar-refractivity contribution >= 4 is 35.2 Å². The molecule has 3 amide bonds. The molecule has 1 unspecified atom stereocenters. The van der Waals surface area contributed by atoms with E-state index in [4.69, 9.17) is 0 Å². The Morgan fingerprint density at radius 2 is 1.61 bits per heavy atom. The summed E-state index contributed by atoms with van der Waals surface area (Å²) in [6.07, 6.45) is 7.64. The molecule has 6 nitrogen and oxygen atoms in total. The molecule has 1 aromatic rings. The molecule has 1 aliphatic carbocycles. The number of hydrogen-bond donors (Lipinski definition) is 2. The van der Waals surface area contributed by atoms with Gasteiger partial charge < -0.3 is 15.5 Å². The van der Waals surface area contributed by atoms with E-state index in [9.17, 15) is 14.4 Å². The summed E-state index contributed by atoms with van der Waals surface area (Å²) >= 11 is 1.65. The number of carbonyl (C=O) groups is 3. The van der Waals surface area contributed by atoms with Crippen molar-refractivity contribution in [3.8, 4) is 0 Å². The maximum Gasteiger partial charge on any atom is 0.227 e. The SMILES string of the molecule is CSc1ccc(N2CC(C(=O)NCCNC(=O)C3CCCCC3)CC2=O)cc1. The Hall–Kier alpha value is -2.02. The molecule has 1 aliphatic heterocycles. The zero-order chi connectivity index (χ0) is 19.9. The fourth-order valence-corrected chi connectivity index (χ4v) is 4.33. The number of benzene rings is 1. The summed E-state index contributed by atoms with van der Waals surface area (Å²) in [5.41, 5.74) is 0.831. The molecule has 2 aliphatic rings. The van der Waals surface area contributed by atoms with Crippen LogP contribution >= 0.6 is 11.8 Å². The second kappa shape index (κ2) is 9.96. The summed E-state index contributed by atoms with van der Waals surface area (Å²) in [6.45, 7) is 1.23. The highest BCUT2D eigenvalue weighted by Gasteiger charge is 2.35. The van der Waals surface area contributed by atoms with Crippen molar-refractivity contribution in [2.75, 3.05) is 30.8 Å². The second-order valence-corrected chi connectivity index (χ2v) is 8.40. The van der Waals surface area contributed by atoms with E-state index in [2.05, 4.69) is 10.6 Å². The molecule has 2 fully saturated rings. The lowest BCUT2D eigenvalue weighted by molar-refractivity contribution is -0.127. The van der Waals surface area contributed by atoms with Gasteiger partial charge in [0.05, 0.1) is 5.92 Å². The lowest BCUT2D eigenvalue weighted by atomic mass is 9.89. The third kappa shape index (κ3) is 5.28. The average Bonchev–Trinajstić information content (AvgIpc) is 3.13. The standard InChI is InChI=1S/C21H29N3O3S/c1-28-18-9-7-17(8-10-18)24-14-16(13-19(24)25)21(27)23-12-11-22-20(26)15-5-3-2-4-6-15/h7-10,15-16H,2-6,11-14H2,1H3,(H,22,26)(H,23,27). The third-order valence-corrected chi connectivity index (χ3v) is 6.32. The predicted molar refractivity (Wildman–Crippen MR) is 111 cm³/mol. The molecule has 0 spiro atoms. The van der Waals surface area contributed by atoms with Gasteiger partial charge in [-0.05, 0) is 43.4 Å². The highest BCUT2D eigenvalue weighted by atomic mass is 32.2. The van der Waals surface area contributed by atoms with Gasteiger partial charge in [-0.3, -0.25) is 14.4 Å². The van der Waals surface area contributed by atoms with Gasteiger partial charge in [0.15, 0.2) is 0 Å². The van der Waals surface area contributed by atoms with Crippen molar-refractivity contribution in [2.45, 2.75) is 43.4 Å². The Morgan fingerprint density at radius 3 is 2.21 bits per heavy atom. The molecular weight excluding hydrogens is 374 g/mol. The van der Waals surface area contributed by atoms with E-state index in [0.29, 0.717) is 19.6 Å². The zero-order valence-corrected chi connectivity index (χ0v) is 17.2. The predicted octanol–water partition coefficient (Wildman–Crippen LogP) is 2.57. The van der Waals surface area contributed by atoms with Crippen LogP contribution in [0.3, 0.4) is 0 Å². The normalized spacial score (nSPS) is 20.2. The van der Waals surface area contributed by atoms with Gasteiger partial charge >= 0.3 is 0 Å². The van der Waals surface area contributed by atoms with E-state index in [0.717, 1.165) is 36.3 Å². The minimum absolute atomic E-state index is 0.0253. The number of nitrogens with zero attached hydrogens (tertiary/aromatic N) is 1. The van der Waals surface area contributed by atoms with Gasteiger partial charge in [-0.2, -0.15) is 0 Å². The topological polar surface area (TPSA) is 78.5 Å². The quantitative estimate of drug-likeness (QED) is 0.542. The summed E-state index contributed by atoms with van der Waals surface area (Å²) in [5.74, 6) is -0.263. The first-order chi connectivity index (χ1) is 13.6. The van der Waals surface area contributed by atoms with Crippen LogP contribution in [0, 0.1) is 11.8 Å². The molecule has 1 heterocycles. The molecule has 0 radical (unpaired) electrons.